The molecule has 1 aliphatic heterocycles. The number of halogens is 1. The topological polar surface area (TPSA) is 62.3 Å². The number of benzene rings is 1. The van der Waals surface area contributed by atoms with Crippen molar-refractivity contribution in [3.8, 4) is 0 Å². The normalized spacial score (nSPS) is 17.2. The van der Waals surface area contributed by atoms with Crippen molar-refractivity contribution >= 4 is 34.8 Å². The molecule has 0 saturated carbocycles. The van der Waals surface area contributed by atoms with Crippen LogP contribution in [0.25, 0.3) is 0 Å². The molecule has 7 heteroatoms. The van der Waals surface area contributed by atoms with Crippen molar-refractivity contribution in [1.82, 2.24) is 15.2 Å². The van der Waals surface area contributed by atoms with E-state index in [1.54, 1.807) is 23.5 Å². The highest BCUT2D eigenvalue weighted by atomic mass is 35.5. The molecule has 0 aliphatic carbocycles. The number of hydrogen-bond acceptors (Lipinski definition) is 4. The molecule has 1 aromatic heterocycles. The Balaban J connectivity index is 1.64. The fourth-order valence-electron chi connectivity index (χ4n) is 3.14. The predicted octanol–water partition coefficient (Wildman–Crippen LogP) is 4.09. The number of hydrogen-bond donors (Lipinski definition) is 1. The lowest BCUT2D eigenvalue weighted by atomic mass is 9.98. The van der Waals surface area contributed by atoms with E-state index in [0.29, 0.717) is 23.7 Å². The van der Waals surface area contributed by atoms with E-state index >= 15 is 0 Å². The van der Waals surface area contributed by atoms with Crippen LogP contribution in [0.1, 0.15) is 53.7 Å². The van der Waals surface area contributed by atoms with Gasteiger partial charge in [0, 0.05) is 30.3 Å². The summed E-state index contributed by atoms with van der Waals surface area (Å²) in [5.41, 5.74) is 1.43. The zero-order chi connectivity index (χ0) is 19.4. The molecular formula is C20H24ClN3O2S. The fourth-order valence-corrected chi connectivity index (χ4v) is 4.31. The Kier molecular flexibility index (Phi) is 6.50. The molecule has 1 aliphatic rings. The predicted molar refractivity (Wildman–Crippen MR) is 108 cm³/mol. The van der Waals surface area contributed by atoms with Crippen molar-refractivity contribution in [3.63, 3.8) is 0 Å². The highest BCUT2D eigenvalue weighted by molar-refractivity contribution is 7.09. The van der Waals surface area contributed by atoms with Crippen LogP contribution < -0.4 is 5.32 Å². The zero-order valence-electron chi connectivity index (χ0n) is 15.6. The maximum atomic E-state index is 12.8. The van der Waals surface area contributed by atoms with Gasteiger partial charge in [0.2, 0.25) is 5.91 Å². The summed E-state index contributed by atoms with van der Waals surface area (Å²) in [6.07, 6.45) is 1.96. The molecule has 1 saturated heterocycles. The third-order valence-electron chi connectivity index (χ3n) is 4.70. The minimum absolute atomic E-state index is 0.0220. The largest absolute Gasteiger partial charge is 0.350 e. The standard InChI is InChI=1S/C20H24ClN3O2S/c1-13(2)18(25)22-10-15-12-27-19(23-15)14-6-5-9-24(11-14)20(26)16-7-3-4-8-17(16)21/h3-4,7-8,12-14H,5-6,9-11H2,1-2H3,(H,22,25)/t14-/m1/s1. The molecule has 0 unspecified atom stereocenters. The molecule has 1 N–H and O–H groups in total. The number of nitrogens with one attached hydrogen (secondary N) is 1. The minimum atomic E-state index is -0.0363. The van der Waals surface area contributed by atoms with Gasteiger partial charge >= 0.3 is 0 Å². The van der Waals surface area contributed by atoms with Crippen LogP contribution in [0.5, 0.6) is 0 Å². The third-order valence-corrected chi connectivity index (χ3v) is 6.09. The van der Waals surface area contributed by atoms with E-state index < -0.39 is 0 Å². The molecule has 2 amide bonds. The van der Waals surface area contributed by atoms with E-state index in [4.69, 9.17) is 11.6 Å². The lowest BCUT2D eigenvalue weighted by Gasteiger charge is -2.32. The van der Waals surface area contributed by atoms with Crippen LogP contribution in [0.3, 0.4) is 0 Å². The number of likely N-dealkylation sites (tertiary alicyclic amines) is 1. The van der Waals surface area contributed by atoms with Gasteiger partial charge in [-0.3, -0.25) is 9.59 Å². The summed E-state index contributed by atoms with van der Waals surface area (Å²) in [5.74, 6) is 0.195. The number of rotatable bonds is 5. The van der Waals surface area contributed by atoms with Crippen molar-refractivity contribution in [2.24, 2.45) is 5.92 Å². The summed E-state index contributed by atoms with van der Waals surface area (Å²) in [6, 6.07) is 7.17. The number of nitrogens with zero attached hydrogens (tertiary/aromatic N) is 2. The molecule has 0 spiro atoms. The van der Waals surface area contributed by atoms with Gasteiger partial charge in [0.05, 0.1) is 27.8 Å². The second kappa shape index (κ2) is 8.85. The number of carbonyl (C=O) groups excluding carboxylic acids is 2. The van der Waals surface area contributed by atoms with Gasteiger partial charge in [-0.2, -0.15) is 0 Å². The maximum absolute atomic E-state index is 12.8. The average Bonchev–Trinajstić information content (AvgIpc) is 3.15. The zero-order valence-corrected chi connectivity index (χ0v) is 17.1. The average molecular weight is 406 g/mol. The fraction of sp³-hybridized carbons (Fsp3) is 0.450. The molecule has 3 rings (SSSR count). The smallest absolute Gasteiger partial charge is 0.255 e. The maximum Gasteiger partial charge on any atom is 0.255 e. The van der Waals surface area contributed by atoms with Gasteiger partial charge in [0.25, 0.3) is 5.91 Å². The van der Waals surface area contributed by atoms with Crippen LogP contribution in [0.15, 0.2) is 29.6 Å². The van der Waals surface area contributed by atoms with Crippen LogP contribution in [0.4, 0.5) is 0 Å². The lowest BCUT2D eigenvalue weighted by molar-refractivity contribution is -0.124. The Labute approximate surface area is 168 Å². The van der Waals surface area contributed by atoms with E-state index in [2.05, 4.69) is 10.3 Å². The van der Waals surface area contributed by atoms with Gasteiger partial charge in [0.15, 0.2) is 0 Å². The van der Waals surface area contributed by atoms with Crippen LogP contribution >= 0.6 is 22.9 Å². The van der Waals surface area contributed by atoms with Crippen molar-refractivity contribution in [3.05, 3.63) is 50.9 Å². The molecule has 0 radical (unpaired) electrons. The Morgan fingerprint density at radius 1 is 1.37 bits per heavy atom. The van der Waals surface area contributed by atoms with Gasteiger partial charge in [0.1, 0.15) is 0 Å². The Morgan fingerprint density at radius 3 is 2.89 bits per heavy atom. The molecule has 1 fully saturated rings. The summed E-state index contributed by atoms with van der Waals surface area (Å²) in [6.45, 7) is 5.57. The second-order valence-corrected chi connectivity index (χ2v) is 8.42. The molecule has 0 bridgehead atoms. The van der Waals surface area contributed by atoms with Gasteiger partial charge in [-0.25, -0.2) is 4.98 Å². The monoisotopic (exact) mass is 405 g/mol. The van der Waals surface area contributed by atoms with E-state index in [-0.39, 0.29) is 23.7 Å². The van der Waals surface area contributed by atoms with E-state index in [0.717, 1.165) is 30.1 Å². The summed E-state index contributed by atoms with van der Waals surface area (Å²) in [4.78, 5) is 31.1. The van der Waals surface area contributed by atoms with Crippen molar-refractivity contribution < 1.29 is 9.59 Å². The SMILES string of the molecule is CC(C)C(=O)NCc1csc([C@@H]2CCCN(C(=O)c3ccccc3Cl)C2)n1. The number of aromatic nitrogens is 1. The highest BCUT2D eigenvalue weighted by Crippen LogP contribution is 2.30. The van der Waals surface area contributed by atoms with Crippen molar-refractivity contribution in [2.75, 3.05) is 13.1 Å². The molecule has 1 atom stereocenters. The first-order valence-corrected chi connectivity index (χ1v) is 10.5. The summed E-state index contributed by atoms with van der Waals surface area (Å²) < 4.78 is 0. The first-order chi connectivity index (χ1) is 13.0. The van der Waals surface area contributed by atoms with Crippen LogP contribution in [0, 0.1) is 5.92 Å². The van der Waals surface area contributed by atoms with Gasteiger partial charge in [-0.05, 0) is 25.0 Å². The number of thiazole rings is 1. The number of amides is 2. The summed E-state index contributed by atoms with van der Waals surface area (Å²) in [7, 11) is 0. The Morgan fingerprint density at radius 2 is 2.15 bits per heavy atom. The summed E-state index contributed by atoms with van der Waals surface area (Å²) >= 11 is 7.79. The molecule has 144 valence electrons. The molecule has 2 aromatic rings. The van der Waals surface area contributed by atoms with Gasteiger partial charge in [-0.15, -0.1) is 11.3 Å². The quantitative estimate of drug-likeness (QED) is 0.814. The molecular weight excluding hydrogens is 382 g/mol. The van der Waals surface area contributed by atoms with E-state index in [1.807, 2.05) is 36.3 Å². The number of piperidine rings is 1. The summed E-state index contributed by atoms with van der Waals surface area (Å²) in [5, 5.41) is 6.40. The first kappa shape index (κ1) is 19.8. The Hall–Kier alpha value is -1.92. The van der Waals surface area contributed by atoms with Gasteiger partial charge in [-0.1, -0.05) is 37.6 Å². The molecule has 5 nitrogen and oxygen atoms in total. The molecule has 2 heterocycles. The van der Waals surface area contributed by atoms with Gasteiger partial charge < -0.3 is 10.2 Å². The third kappa shape index (κ3) is 4.87. The molecule has 27 heavy (non-hydrogen) atoms. The van der Waals surface area contributed by atoms with Crippen molar-refractivity contribution in [1.29, 1.82) is 0 Å². The van der Waals surface area contributed by atoms with Crippen LogP contribution in [-0.2, 0) is 11.3 Å². The number of carbonyl (C=O) groups is 2. The highest BCUT2D eigenvalue weighted by Gasteiger charge is 2.28. The van der Waals surface area contributed by atoms with E-state index in [9.17, 15) is 9.59 Å². The Bertz CT molecular complexity index is 821. The second-order valence-electron chi connectivity index (χ2n) is 7.12. The van der Waals surface area contributed by atoms with Crippen LogP contribution in [-0.4, -0.2) is 34.8 Å². The minimum Gasteiger partial charge on any atom is -0.350 e. The lowest BCUT2D eigenvalue weighted by Crippen LogP contribution is -2.39. The van der Waals surface area contributed by atoms with Crippen LogP contribution in [0.2, 0.25) is 5.02 Å². The van der Waals surface area contributed by atoms with E-state index in [1.165, 1.54) is 0 Å². The first-order valence-electron chi connectivity index (χ1n) is 9.21. The molecule has 1 aromatic carbocycles. The van der Waals surface area contributed by atoms with Crippen molar-refractivity contribution in [2.45, 2.75) is 39.2 Å².